The molecule has 0 bridgehead atoms. The number of benzene rings is 1. The van der Waals surface area contributed by atoms with Crippen LogP contribution >= 0.6 is 0 Å². The van der Waals surface area contributed by atoms with Crippen LogP contribution in [0.5, 0.6) is 0 Å². The number of pyridine rings is 1. The molecule has 5 rings (SSSR count). The van der Waals surface area contributed by atoms with Crippen LogP contribution < -0.4 is 5.73 Å². The summed E-state index contributed by atoms with van der Waals surface area (Å²) in [7, 11) is 0. The Morgan fingerprint density at radius 1 is 1.11 bits per heavy atom. The second-order valence-corrected chi connectivity index (χ2v) is 7.04. The quantitative estimate of drug-likeness (QED) is 0.585. The third-order valence-corrected chi connectivity index (χ3v) is 4.93. The van der Waals surface area contributed by atoms with E-state index < -0.39 is 11.6 Å². The molecule has 1 aromatic carbocycles. The monoisotopic (exact) mass is 378 g/mol. The minimum atomic E-state index is -0.717. The van der Waals surface area contributed by atoms with E-state index in [1.807, 2.05) is 19.1 Å². The second-order valence-electron chi connectivity index (χ2n) is 7.04. The first-order valence-corrected chi connectivity index (χ1v) is 8.95. The number of nitrogens with zero attached hydrogens (tertiary/aromatic N) is 5. The smallest absolute Gasteiger partial charge is 0.207 e. The molecule has 1 fully saturated rings. The maximum Gasteiger partial charge on any atom is 0.207 e. The Bertz CT molecular complexity index is 1230. The summed E-state index contributed by atoms with van der Waals surface area (Å²) in [6, 6.07) is 7.27. The predicted octanol–water partition coefficient (Wildman–Crippen LogP) is 3.90. The van der Waals surface area contributed by atoms with E-state index in [9.17, 15) is 8.78 Å². The topological polar surface area (TPSA) is 82.0 Å². The van der Waals surface area contributed by atoms with Crippen LogP contribution in [0.4, 0.5) is 14.7 Å². The minimum Gasteiger partial charge on any atom is -0.369 e. The number of aryl methyl sites for hydroxylation is 1. The molecule has 1 aliphatic carbocycles. The lowest BCUT2D eigenvalue weighted by Crippen LogP contribution is -2.05. The van der Waals surface area contributed by atoms with Crippen molar-refractivity contribution in [1.29, 1.82) is 0 Å². The third-order valence-electron chi connectivity index (χ3n) is 4.93. The van der Waals surface area contributed by atoms with Crippen LogP contribution in [-0.2, 0) is 0 Å². The normalized spacial score (nSPS) is 14.0. The highest BCUT2D eigenvalue weighted by Gasteiger charge is 2.27. The molecule has 0 atom stereocenters. The van der Waals surface area contributed by atoms with Crippen molar-refractivity contribution in [2.24, 2.45) is 0 Å². The summed E-state index contributed by atoms with van der Waals surface area (Å²) in [6.07, 6.45) is 3.67. The number of halogens is 2. The molecule has 4 aromatic rings. The molecule has 0 amide bonds. The van der Waals surface area contributed by atoms with Crippen molar-refractivity contribution in [3.8, 4) is 22.4 Å². The highest BCUT2D eigenvalue weighted by Crippen LogP contribution is 2.42. The standard InChI is InChI=1S/C20H16F2N6/c1-10-6-12(7-16(25-10)11-2-3-11)17-18(14-5-4-13(21)8-15(14)22)26-20(23)28-9-24-27-19(17)28/h4-9,11H,2-3H2,1H3,(H2,23,26). The van der Waals surface area contributed by atoms with Gasteiger partial charge in [-0.3, -0.25) is 9.38 Å². The van der Waals surface area contributed by atoms with Gasteiger partial charge >= 0.3 is 0 Å². The van der Waals surface area contributed by atoms with Gasteiger partial charge in [0, 0.05) is 28.9 Å². The lowest BCUT2D eigenvalue weighted by molar-refractivity contribution is 0.585. The van der Waals surface area contributed by atoms with Crippen LogP contribution in [0, 0.1) is 18.6 Å². The van der Waals surface area contributed by atoms with Gasteiger partial charge in [-0.15, -0.1) is 10.2 Å². The predicted molar refractivity (Wildman–Crippen MR) is 100 cm³/mol. The molecule has 28 heavy (non-hydrogen) atoms. The maximum atomic E-state index is 14.6. The highest BCUT2D eigenvalue weighted by atomic mass is 19.1. The summed E-state index contributed by atoms with van der Waals surface area (Å²) in [4.78, 5) is 9.03. The fraction of sp³-hybridized carbons (Fsp3) is 0.200. The zero-order valence-electron chi connectivity index (χ0n) is 15.0. The van der Waals surface area contributed by atoms with Crippen LogP contribution in [0.15, 0.2) is 36.7 Å². The van der Waals surface area contributed by atoms with Gasteiger partial charge < -0.3 is 5.73 Å². The highest BCUT2D eigenvalue weighted by molar-refractivity contribution is 5.91. The van der Waals surface area contributed by atoms with Crippen molar-refractivity contribution in [2.45, 2.75) is 25.7 Å². The SMILES string of the molecule is Cc1cc(-c2c(-c3ccc(F)cc3F)nc(N)n3cnnc23)cc(C2CC2)n1. The van der Waals surface area contributed by atoms with Crippen molar-refractivity contribution >= 4 is 11.6 Å². The number of nitrogen functional groups attached to an aromatic ring is 1. The van der Waals surface area contributed by atoms with Crippen molar-refractivity contribution in [2.75, 3.05) is 5.73 Å². The number of hydrogen-bond donors (Lipinski definition) is 1. The Hall–Kier alpha value is -3.42. The van der Waals surface area contributed by atoms with Gasteiger partial charge in [0.15, 0.2) is 5.65 Å². The van der Waals surface area contributed by atoms with E-state index in [-0.39, 0.29) is 11.5 Å². The molecular weight excluding hydrogens is 362 g/mol. The molecule has 1 aliphatic rings. The average Bonchev–Trinajstić information content (AvgIpc) is 3.38. The average molecular weight is 378 g/mol. The maximum absolute atomic E-state index is 14.6. The summed E-state index contributed by atoms with van der Waals surface area (Å²) in [6.45, 7) is 1.92. The summed E-state index contributed by atoms with van der Waals surface area (Å²) in [5.74, 6) is -0.809. The van der Waals surface area contributed by atoms with Crippen molar-refractivity contribution in [1.82, 2.24) is 24.6 Å². The third kappa shape index (κ3) is 2.69. The molecule has 3 aromatic heterocycles. The van der Waals surface area contributed by atoms with Gasteiger partial charge in [0.1, 0.15) is 18.0 Å². The van der Waals surface area contributed by atoms with Gasteiger partial charge in [-0.25, -0.2) is 13.8 Å². The Balaban J connectivity index is 1.85. The van der Waals surface area contributed by atoms with Gasteiger partial charge in [-0.05, 0) is 49.6 Å². The van der Waals surface area contributed by atoms with E-state index in [2.05, 4.69) is 20.2 Å². The van der Waals surface area contributed by atoms with Crippen molar-refractivity contribution < 1.29 is 8.78 Å². The largest absolute Gasteiger partial charge is 0.369 e. The number of aromatic nitrogens is 5. The first-order chi connectivity index (χ1) is 13.5. The Morgan fingerprint density at radius 3 is 2.68 bits per heavy atom. The molecule has 0 radical (unpaired) electrons. The van der Waals surface area contributed by atoms with Crippen LogP contribution in [0.3, 0.4) is 0 Å². The lowest BCUT2D eigenvalue weighted by Gasteiger charge is -2.14. The van der Waals surface area contributed by atoms with Crippen LogP contribution in [0.2, 0.25) is 0 Å². The Morgan fingerprint density at radius 2 is 1.93 bits per heavy atom. The van der Waals surface area contributed by atoms with Gasteiger partial charge in [0.2, 0.25) is 5.95 Å². The van der Waals surface area contributed by atoms with Crippen LogP contribution in [-0.4, -0.2) is 24.6 Å². The summed E-state index contributed by atoms with van der Waals surface area (Å²) < 4.78 is 29.6. The van der Waals surface area contributed by atoms with Crippen LogP contribution in [0.25, 0.3) is 28.0 Å². The first-order valence-electron chi connectivity index (χ1n) is 8.95. The number of rotatable bonds is 3. The molecule has 140 valence electrons. The zero-order chi connectivity index (χ0) is 19.4. The molecule has 8 heteroatoms. The van der Waals surface area contributed by atoms with Gasteiger partial charge in [-0.2, -0.15) is 0 Å². The number of nitrogens with two attached hydrogens (primary N) is 1. The molecular formula is C20H16F2N6. The van der Waals surface area contributed by atoms with Crippen LogP contribution in [0.1, 0.15) is 30.1 Å². The van der Waals surface area contributed by atoms with E-state index in [0.717, 1.165) is 35.9 Å². The van der Waals surface area contributed by atoms with E-state index in [1.165, 1.54) is 18.5 Å². The van der Waals surface area contributed by atoms with E-state index in [4.69, 9.17) is 5.73 Å². The summed E-state index contributed by atoms with van der Waals surface area (Å²) in [5.41, 5.74) is 10.2. The van der Waals surface area contributed by atoms with Gasteiger partial charge in [0.05, 0.1) is 11.3 Å². The van der Waals surface area contributed by atoms with Crippen molar-refractivity contribution in [3.63, 3.8) is 0 Å². The molecule has 0 spiro atoms. The van der Waals surface area contributed by atoms with Crippen molar-refractivity contribution in [3.05, 3.63) is 59.7 Å². The molecule has 6 nitrogen and oxygen atoms in total. The van der Waals surface area contributed by atoms with E-state index >= 15 is 0 Å². The summed E-state index contributed by atoms with van der Waals surface area (Å²) in [5, 5.41) is 8.12. The Kier molecular flexibility index (Phi) is 3.61. The molecule has 0 aliphatic heterocycles. The van der Waals surface area contributed by atoms with E-state index in [0.29, 0.717) is 22.8 Å². The molecule has 2 N–H and O–H groups in total. The number of hydrogen-bond acceptors (Lipinski definition) is 5. The molecule has 0 unspecified atom stereocenters. The number of anilines is 1. The molecule has 0 saturated heterocycles. The van der Waals surface area contributed by atoms with Gasteiger partial charge in [0.25, 0.3) is 0 Å². The first kappa shape index (κ1) is 16.7. The fourth-order valence-electron chi connectivity index (χ4n) is 3.47. The second kappa shape index (κ2) is 6.05. The Labute approximate surface area is 159 Å². The zero-order valence-corrected chi connectivity index (χ0v) is 15.0. The fourth-order valence-corrected chi connectivity index (χ4v) is 3.47. The lowest BCUT2D eigenvalue weighted by atomic mass is 9.98. The molecule has 1 saturated carbocycles. The summed E-state index contributed by atoms with van der Waals surface area (Å²) >= 11 is 0. The minimum absolute atomic E-state index is 0.121. The van der Waals surface area contributed by atoms with Gasteiger partial charge in [-0.1, -0.05) is 0 Å². The van der Waals surface area contributed by atoms with E-state index in [1.54, 1.807) is 4.40 Å². The number of fused-ring (bicyclic) bond motifs is 1. The molecule has 3 heterocycles.